The van der Waals surface area contributed by atoms with Crippen LogP contribution in [0.2, 0.25) is 0 Å². The van der Waals surface area contributed by atoms with Gasteiger partial charge in [-0.3, -0.25) is 0 Å². The quantitative estimate of drug-likeness (QED) is 0.682. The van der Waals surface area contributed by atoms with Crippen LogP contribution in [0.1, 0.15) is 15.9 Å². The van der Waals surface area contributed by atoms with Crippen LogP contribution in [0.15, 0.2) is 41.3 Å². The number of carbonyl (C=O) groups is 1. The minimum atomic E-state index is -3.78. The van der Waals surface area contributed by atoms with E-state index in [0.717, 1.165) is 0 Å². The SMILES string of the molecule is COC(=O)c1ccc(S(=O)(=O)NCc2cc(OC)c(OC)c(OC)c2)cc1. The Balaban J connectivity index is 2.21. The van der Waals surface area contributed by atoms with Crippen LogP contribution in [0.25, 0.3) is 0 Å². The maximum absolute atomic E-state index is 12.5. The van der Waals surface area contributed by atoms with Crippen molar-refractivity contribution in [3.8, 4) is 17.2 Å². The first kappa shape index (κ1) is 20.5. The summed E-state index contributed by atoms with van der Waals surface area (Å²) >= 11 is 0. The molecule has 1 N–H and O–H groups in total. The molecule has 0 heterocycles. The van der Waals surface area contributed by atoms with E-state index in [9.17, 15) is 13.2 Å². The summed E-state index contributed by atoms with van der Waals surface area (Å²) in [6.45, 7) is 0.0117. The van der Waals surface area contributed by atoms with Gasteiger partial charge in [0.25, 0.3) is 0 Å². The number of methoxy groups -OCH3 is 4. The van der Waals surface area contributed by atoms with Gasteiger partial charge >= 0.3 is 5.97 Å². The summed E-state index contributed by atoms with van der Waals surface area (Å²) in [5.41, 5.74) is 0.889. The largest absolute Gasteiger partial charge is 0.493 e. The van der Waals surface area contributed by atoms with Gasteiger partial charge < -0.3 is 18.9 Å². The highest BCUT2D eigenvalue weighted by Gasteiger charge is 2.17. The number of carbonyl (C=O) groups excluding carboxylic acids is 1. The van der Waals surface area contributed by atoms with Crippen molar-refractivity contribution in [3.63, 3.8) is 0 Å². The van der Waals surface area contributed by atoms with Gasteiger partial charge in [-0.2, -0.15) is 0 Å². The van der Waals surface area contributed by atoms with Crippen molar-refractivity contribution in [2.75, 3.05) is 28.4 Å². The second-order valence-electron chi connectivity index (χ2n) is 5.37. The molecule has 0 bridgehead atoms. The Morgan fingerprint density at radius 3 is 1.93 bits per heavy atom. The van der Waals surface area contributed by atoms with E-state index in [4.69, 9.17) is 14.2 Å². The van der Waals surface area contributed by atoms with Crippen molar-refractivity contribution in [3.05, 3.63) is 47.5 Å². The molecule has 0 aromatic heterocycles. The molecule has 0 aliphatic rings. The molecular weight excluding hydrogens is 374 g/mol. The van der Waals surface area contributed by atoms with E-state index < -0.39 is 16.0 Å². The lowest BCUT2D eigenvalue weighted by atomic mass is 10.2. The van der Waals surface area contributed by atoms with E-state index in [2.05, 4.69) is 9.46 Å². The van der Waals surface area contributed by atoms with E-state index in [1.54, 1.807) is 12.1 Å². The highest BCUT2D eigenvalue weighted by atomic mass is 32.2. The van der Waals surface area contributed by atoms with E-state index in [1.165, 1.54) is 52.7 Å². The maximum atomic E-state index is 12.5. The Morgan fingerprint density at radius 1 is 0.926 bits per heavy atom. The van der Waals surface area contributed by atoms with E-state index in [0.29, 0.717) is 22.8 Å². The first-order valence-corrected chi connectivity index (χ1v) is 9.31. The topological polar surface area (TPSA) is 100 Å². The van der Waals surface area contributed by atoms with Crippen LogP contribution in [0.4, 0.5) is 0 Å². The molecule has 0 amide bonds. The Morgan fingerprint density at radius 2 is 1.48 bits per heavy atom. The highest BCUT2D eigenvalue weighted by Crippen LogP contribution is 2.38. The lowest BCUT2D eigenvalue weighted by molar-refractivity contribution is 0.0600. The average molecular weight is 395 g/mol. The summed E-state index contributed by atoms with van der Waals surface area (Å²) in [4.78, 5) is 11.5. The Labute approximate surface area is 158 Å². The summed E-state index contributed by atoms with van der Waals surface area (Å²) in [5.74, 6) is 0.733. The second-order valence-corrected chi connectivity index (χ2v) is 7.14. The van der Waals surface area contributed by atoms with Crippen molar-refractivity contribution >= 4 is 16.0 Å². The number of hydrogen-bond acceptors (Lipinski definition) is 7. The number of hydrogen-bond donors (Lipinski definition) is 1. The number of nitrogens with one attached hydrogen (secondary N) is 1. The molecule has 8 nitrogen and oxygen atoms in total. The molecule has 0 aliphatic carbocycles. The first-order valence-electron chi connectivity index (χ1n) is 7.83. The lowest BCUT2D eigenvalue weighted by Gasteiger charge is -2.14. The van der Waals surface area contributed by atoms with Crippen molar-refractivity contribution in [1.82, 2.24) is 4.72 Å². The molecule has 0 saturated heterocycles. The van der Waals surface area contributed by atoms with Crippen LogP contribution < -0.4 is 18.9 Å². The average Bonchev–Trinajstić information content (AvgIpc) is 2.70. The molecule has 9 heteroatoms. The third kappa shape index (κ3) is 4.69. The summed E-state index contributed by atoms with van der Waals surface area (Å²) in [6, 6.07) is 8.77. The van der Waals surface area contributed by atoms with Gasteiger partial charge in [0.05, 0.1) is 38.9 Å². The smallest absolute Gasteiger partial charge is 0.337 e. The number of esters is 1. The molecular formula is C18H21NO7S. The van der Waals surface area contributed by atoms with E-state index in [1.807, 2.05) is 0 Å². The summed E-state index contributed by atoms with van der Waals surface area (Å²) in [5, 5.41) is 0. The molecule has 146 valence electrons. The number of sulfonamides is 1. The fraction of sp³-hybridized carbons (Fsp3) is 0.278. The molecule has 2 aromatic carbocycles. The van der Waals surface area contributed by atoms with Crippen LogP contribution >= 0.6 is 0 Å². The Kier molecular flexibility index (Phi) is 6.65. The zero-order valence-electron chi connectivity index (χ0n) is 15.4. The zero-order chi connectivity index (χ0) is 20.0. The van der Waals surface area contributed by atoms with Gasteiger partial charge in [-0.15, -0.1) is 0 Å². The predicted octanol–water partition coefficient (Wildman–Crippen LogP) is 1.98. The lowest BCUT2D eigenvalue weighted by Crippen LogP contribution is -2.23. The second kappa shape index (κ2) is 8.74. The molecule has 0 spiro atoms. The van der Waals surface area contributed by atoms with Gasteiger partial charge in [-0.1, -0.05) is 0 Å². The number of ether oxygens (including phenoxy) is 4. The maximum Gasteiger partial charge on any atom is 0.337 e. The van der Waals surface area contributed by atoms with Gasteiger partial charge in [0.1, 0.15) is 0 Å². The Hall–Kier alpha value is -2.78. The number of benzene rings is 2. The first-order chi connectivity index (χ1) is 12.9. The van der Waals surface area contributed by atoms with Crippen molar-refractivity contribution in [1.29, 1.82) is 0 Å². The van der Waals surface area contributed by atoms with E-state index in [-0.39, 0.29) is 17.0 Å². The van der Waals surface area contributed by atoms with Crippen molar-refractivity contribution < 1.29 is 32.2 Å². The van der Waals surface area contributed by atoms with Gasteiger partial charge in [0.2, 0.25) is 15.8 Å². The van der Waals surface area contributed by atoms with Crippen molar-refractivity contribution in [2.24, 2.45) is 0 Å². The molecule has 0 saturated carbocycles. The normalized spacial score (nSPS) is 11.0. The fourth-order valence-corrected chi connectivity index (χ4v) is 3.40. The molecule has 0 fully saturated rings. The molecule has 2 rings (SSSR count). The van der Waals surface area contributed by atoms with Crippen LogP contribution in [0.5, 0.6) is 17.2 Å². The third-order valence-corrected chi connectivity index (χ3v) is 5.19. The summed E-state index contributed by atoms with van der Waals surface area (Å²) < 4.78 is 47.8. The Bertz CT molecular complexity index is 883. The molecule has 0 radical (unpaired) electrons. The number of rotatable bonds is 8. The standard InChI is InChI=1S/C18H21NO7S/c1-23-15-9-12(10-16(24-2)17(15)25-3)11-19-27(21,22)14-7-5-13(6-8-14)18(20)26-4/h5-10,19H,11H2,1-4H3. The van der Waals surface area contributed by atoms with Crippen molar-refractivity contribution in [2.45, 2.75) is 11.4 Å². The molecule has 0 aliphatic heterocycles. The minimum absolute atomic E-state index is 0.0117. The fourth-order valence-electron chi connectivity index (χ4n) is 2.39. The monoisotopic (exact) mass is 395 g/mol. The van der Waals surface area contributed by atoms with Crippen LogP contribution in [-0.2, 0) is 21.3 Å². The van der Waals surface area contributed by atoms with Gasteiger partial charge in [-0.25, -0.2) is 17.9 Å². The summed E-state index contributed by atoms with van der Waals surface area (Å²) in [6.07, 6.45) is 0. The van der Waals surface area contributed by atoms with Gasteiger partial charge in [-0.05, 0) is 42.0 Å². The van der Waals surface area contributed by atoms with E-state index >= 15 is 0 Å². The zero-order valence-corrected chi connectivity index (χ0v) is 16.3. The highest BCUT2D eigenvalue weighted by molar-refractivity contribution is 7.89. The molecule has 0 atom stereocenters. The molecule has 2 aromatic rings. The van der Waals surface area contributed by atoms with Gasteiger partial charge in [0.15, 0.2) is 11.5 Å². The summed E-state index contributed by atoms with van der Waals surface area (Å²) in [7, 11) is 1.93. The molecule has 0 unspecified atom stereocenters. The molecule has 27 heavy (non-hydrogen) atoms. The van der Waals surface area contributed by atoms with Gasteiger partial charge in [0, 0.05) is 6.54 Å². The van der Waals surface area contributed by atoms with Crippen LogP contribution in [-0.4, -0.2) is 42.8 Å². The predicted molar refractivity (Wildman–Crippen MR) is 97.9 cm³/mol. The minimum Gasteiger partial charge on any atom is -0.493 e. The van der Waals surface area contributed by atoms with Crippen LogP contribution in [0.3, 0.4) is 0 Å². The van der Waals surface area contributed by atoms with Crippen LogP contribution in [0, 0.1) is 0 Å². The third-order valence-electron chi connectivity index (χ3n) is 3.78.